The molecule has 4 nitrogen and oxygen atoms in total. The van der Waals surface area contributed by atoms with Gasteiger partial charge in [-0.2, -0.15) is 13.2 Å². The third-order valence-corrected chi connectivity index (χ3v) is 2.98. The molecule has 0 aliphatic carbocycles. The van der Waals surface area contributed by atoms with Gasteiger partial charge in [-0.25, -0.2) is 0 Å². The number of hydrogen-bond donors (Lipinski definition) is 1. The van der Waals surface area contributed by atoms with Crippen LogP contribution >= 0.6 is 0 Å². The molecule has 1 aromatic rings. The number of nitrogens with zero attached hydrogens (tertiary/aromatic N) is 2. The molecule has 19 heavy (non-hydrogen) atoms. The van der Waals surface area contributed by atoms with E-state index in [0.29, 0.717) is 19.4 Å². The zero-order valence-electron chi connectivity index (χ0n) is 10.0. The van der Waals surface area contributed by atoms with Gasteiger partial charge in [-0.05, 0) is 25.0 Å². The maximum absolute atomic E-state index is 12.3. The number of piperidine rings is 1. The van der Waals surface area contributed by atoms with Crippen molar-refractivity contribution in [2.75, 3.05) is 13.1 Å². The number of alkyl halides is 3. The molecule has 104 valence electrons. The van der Waals surface area contributed by atoms with Gasteiger partial charge in [0, 0.05) is 19.3 Å². The van der Waals surface area contributed by atoms with E-state index < -0.39 is 23.9 Å². The first-order valence-electron chi connectivity index (χ1n) is 5.88. The van der Waals surface area contributed by atoms with Gasteiger partial charge in [-0.1, -0.05) is 0 Å². The van der Waals surface area contributed by atoms with Crippen LogP contribution in [-0.2, 0) is 6.18 Å². The van der Waals surface area contributed by atoms with Crippen LogP contribution in [0.3, 0.4) is 0 Å². The first kappa shape index (κ1) is 13.8. The van der Waals surface area contributed by atoms with Crippen molar-refractivity contribution in [3.8, 4) is 0 Å². The Hall–Kier alpha value is -1.63. The summed E-state index contributed by atoms with van der Waals surface area (Å²) in [6.07, 6.45) is -2.84. The van der Waals surface area contributed by atoms with Crippen LogP contribution < -0.4 is 0 Å². The van der Waals surface area contributed by atoms with Crippen LogP contribution in [0.4, 0.5) is 13.2 Å². The number of hydrogen-bond acceptors (Lipinski definition) is 3. The Morgan fingerprint density at radius 1 is 1.42 bits per heavy atom. The molecule has 1 unspecified atom stereocenters. The fraction of sp³-hybridized carbons (Fsp3) is 0.500. The number of carbonyl (C=O) groups is 1. The second-order valence-electron chi connectivity index (χ2n) is 4.48. The molecule has 7 heteroatoms. The summed E-state index contributed by atoms with van der Waals surface area (Å²) in [5.74, 6) is -0.403. The van der Waals surface area contributed by atoms with Gasteiger partial charge in [0.1, 0.15) is 5.69 Å². The minimum Gasteiger partial charge on any atom is -0.391 e. The number of likely N-dealkylation sites (tertiary alicyclic amines) is 1. The Bertz CT molecular complexity index is 459. The highest BCUT2D eigenvalue weighted by Crippen LogP contribution is 2.27. The SMILES string of the molecule is O=C(c1ccc(C(F)(F)F)nc1)N1CCCC(O)C1. The van der Waals surface area contributed by atoms with Crippen LogP contribution in [-0.4, -0.2) is 40.1 Å². The molecule has 1 aliphatic heterocycles. The van der Waals surface area contributed by atoms with Crippen LogP contribution in [0.2, 0.25) is 0 Å². The molecule has 1 N–H and O–H groups in total. The molecule has 1 atom stereocenters. The summed E-state index contributed by atoms with van der Waals surface area (Å²) in [7, 11) is 0. The van der Waals surface area contributed by atoms with Gasteiger partial charge in [0.05, 0.1) is 11.7 Å². The number of β-amino-alcohol motifs (C(OH)–C–C–N with tert-alkyl or cyclic N) is 1. The van der Waals surface area contributed by atoms with Crippen LogP contribution in [0, 0.1) is 0 Å². The summed E-state index contributed by atoms with van der Waals surface area (Å²) in [4.78, 5) is 16.7. The van der Waals surface area contributed by atoms with Gasteiger partial charge in [0.2, 0.25) is 0 Å². The van der Waals surface area contributed by atoms with Crippen molar-refractivity contribution in [3.63, 3.8) is 0 Å². The maximum atomic E-state index is 12.3. The van der Waals surface area contributed by atoms with Crippen molar-refractivity contribution in [2.45, 2.75) is 25.1 Å². The fourth-order valence-corrected chi connectivity index (χ4v) is 2.01. The molecule has 1 aliphatic rings. The number of aromatic nitrogens is 1. The van der Waals surface area contributed by atoms with Crippen LogP contribution in [0.1, 0.15) is 28.9 Å². The average Bonchev–Trinajstić information content (AvgIpc) is 2.37. The molecule has 1 aromatic heterocycles. The number of rotatable bonds is 1. The predicted molar refractivity (Wildman–Crippen MR) is 60.4 cm³/mol. The first-order valence-corrected chi connectivity index (χ1v) is 5.88. The van der Waals surface area contributed by atoms with E-state index in [4.69, 9.17) is 0 Å². The summed E-state index contributed by atoms with van der Waals surface area (Å²) in [5.41, 5.74) is -0.926. The Kier molecular flexibility index (Phi) is 3.75. The third-order valence-electron chi connectivity index (χ3n) is 2.98. The lowest BCUT2D eigenvalue weighted by molar-refractivity contribution is -0.141. The lowest BCUT2D eigenvalue weighted by Gasteiger charge is -2.30. The lowest BCUT2D eigenvalue weighted by atomic mass is 10.1. The molecule has 0 spiro atoms. The Morgan fingerprint density at radius 3 is 2.68 bits per heavy atom. The average molecular weight is 274 g/mol. The minimum atomic E-state index is -4.51. The highest BCUT2D eigenvalue weighted by atomic mass is 19.4. The van der Waals surface area contributed by atoms with Gasteiger partial charge in [-0.3, -0.25) is 9.78 Å². The van der Waals surface area contributed by atoms with Crippen molar-refractivity contribution < 1.29 is 23.1 Å². The van der Waals surface area contributed by atoms with E-state index in [9.17, 15) is 23.1 Å². The minimum absolute atomic E-state index is 0.0992. The van der Waals surface area contributed by atoms with E-state index in [1.165, 1.54) is 4.90 Å². The molecule has 1 amide bonds. The Balaban J connectivity index is 2.11. The van der Waals surface area contributed by atoms with Gasteiger partial charge >= 0.3 is 6.18 Å². The molecular formula is C12H13F3N2O2. The number of carbonyl (C=O) groups excluding carboxylic acids is 1. The van der Waals surface area contributed by atoms with Crippen molar-refractivity contribution in [1.29, 1.82) is 0 Å². The molecule has 0 aromatic carbocycles. The van der Waals surface area contributed by atoms with Crippen molar-refractivity contribution in [3.05, 3.63) is 29.6 Å². The van der Waals surface area contributed by atoms with Gasteiger partial charge in [0.15, 0.2) is 0 Å². The number of halogens is 3. The molecular weight excluding hydrogens is 261 g/mol. The number of pyridine rings is 1. The van der Waals surface area contributed by atoms with Crippen LogP contribution in [0.25, 0.3) is 0 Å². The molecule has 0 bridgehead atoms. The molecule has 0 radical (unpaired) electrons. The fourth-order valence-electron chi connectivity index (χ4n) is 2.01. The zero-order chi connectivity index (χ0) is 14.0. The van der Waals surface area contributed by atoms with Gasteiger partial charge < -0.3 is 10.0 Å². The quantitative estimate of drug-likeness (QED) is 0.848. The predicted octanol–water partition coefficient (Wildman–Crippen LogP) is 1.70. The normalized spacial score (nSPS) is 20.4. The lowest BCUT2D eigenvalue weighted by Crippen LogP contribution is -2.42. The first-order chi connectivity index (χ1) is 8.88. The standard InChI is InChI=1S/C12H13F3N2O2/c13-12(14,15)10-4-3-8(6-16-10)11(19)17-5-1-2-9(18)7-17/h3-4,6,9,18H,1-2,5,7H2. The largest absolute Gasteiger partial charge is 0.433 e. The second-order valence-corrected chi connectivity index (χ2v) is 4.48. The smallest absolute Gasteiger partial charge is 0.391 e. The molecule has 2 rings (SSSR count). The van der Waals surface area contributed by atoms with E-state index >= 15 is 0 Å². The topological polar surface area (TPSA) is 53.4 Å². The van der Waals surface area contributed by atoms with E-state index in [1.54, 1.807) is 0 Å². The summed E-state index contributed by atoms with van der Waals surface area (Å²) >= 11 is 0. The molecule has 1 fully saturated rings. The monoisotopic (exact) mass is 274 g/mol. The van der Waals surface area contributed by atoms with Crippen LogP contribution in [0.15, 0.2) is 18.3 Å². The summed E-state index contributed by atoms with van der Waals surface area (Å²) in [5, 5.41) is 9.47. The third kappa shape index (κ3) is 3.23. The second kappa shape index (κ2) is 5.16. The van der Waals surface area contributed by atoms with Crippen molar-refractivity contribution in [2.24, 2.45) is 0 Å². The number of aliphatic hydroxyl groups excluding tert-OH is 1. The highest BCUT2D eigenvalue weighted by Gasteiger charge is 2.32. The van der Waals surface area contributed by atoms with Gasteiger partial charge in [-0.15, -0.1) is 0 Å². The Labute approximate surface area is 107 Å². The highest BCUT2D eigenvalue weighted by molar-refractivity contribution is 5.94. The van der Waals surface area contributed by atoms with Crippen molar-refractivity contribution in [1.82, 2.24) is 9.88 Å². The van der Waals surface area contributed by atoms with E-state index in [1.807, 2.05) is 0 Å². The summed E-state index contributed by atoms with van der Waals surface area (Å²) in [6.45, 7) is 0.705. The number of aliphatic hydroxyl groups is 1. The van der Waals surface area contributed by atoms with Gasteiger partial charge in [0.25, 0.3) is 5.91 Å². The summed E-state index contributed by atoms with van der Waals surface area (Å²) < 4.78 is 37.0. The Morgan fingerprint density at radius 2 is 2.16 bits per heavy atom. The van der Waals surface area contributed by atoms with E-state index in [-0.39, 0.29) is 12.1 Å². The molecule has 2 heterocycles. The van der Waals surface area contributed by atoms with Crippen molar-refractivity contribution >= 4 is 5.91 Å². The van der Waals surface area contributed by atoms with E-state index in [0.717, 1.165) is 18.3 Å². The maximum Gasteiger partial charge on any atom is 0.433 e. The zero-order valence-corrected chi connectivity index (χ0v) is 10.0. The van der Waals surface area contributed by atoms with E-state index in [2.05, 4.69) is 4.98 Å². The number of amides is 1. The van der Waals surface area contributed by atoms with Crippen LogP contribution in [0.5, 0.6) is 0 Å². The molecule has 0 saturated carbocycles. The summed E-state index contributed by atoms with van der Waals surface area (Å²) in [6, 6.07) is 1.90. The molecule has 1 saturated heterocycles.